The van der Waals surface area contributed by atoms with Crippen LogP contribution in [0.3, 0.4) is 0 Å². The maximum atomic E-state index is 13.4. The van der Waals surface area contributed by atoms with Gasteiger partial charge in [0.2, 0.25) is 0 Å². The van der Waals surface area contributed by atoms with Crippen molar-refractivity contribution in [3.05, 3.63) is 60.1 Å². The van der Waals surface area contributed by atoms with Crippen molar-refractivity contribution in [2.24, 2.45) is 0 Å². The topological polar surface area (TPSA) is 60.5 Å². The number of aryl methyl sites for hydroxylation is 1. The van der Waals surface area contributed by atoms with Gasteiger partial charge >= 0.3 is 0 Å². The summed E-state index contributed by atoms with van der Waals surface area (Å²) in [5.74, 6) is 2.00. The molecular weight excluding hydrogens is 390 g/mol. The molecule has 0 bridgehead atoms. The number of fused-ring (bicyclic) bond motifs is 2. The standard InChI is InChI=1S/C25H27N3O3/c1-3-11-28-21-9-5-4-8-20(21)26-24(28)17-7-6-12-27(16-17)25(29)18-14-22(30-2)19-10-13-31-23(19)15-18/h4-5,8-10,13-15,17H,3,6-7,11-12,16H2,1-2H3. The lowest BCUT2D eigenvalue weighted by molar-refractivity contribution is 0.0703. The molecule has 3 heterocycles. The van der Waals surface area contributed by atoms with Gasteiger partial charge in [0.15, 0.2) is 0 Å². The average molecular weight is 418 g/mol. The lowest BCUT2D eigenvalue weighted by atomic mass is 9.96. The van der Waals surface area contributed by atoms with Gasteiger partial charge in [-0.25, -0.2) is 4.98 Å². The van der Waals surface area contributed by atoms with Crippen molar-refractivity contribution in [2.45, 2.75) is 38.6 Å². The third-order valence-electron chi connectivity index (χ3n) is 6.21. The predicted octanol–water partition coefficient (Wildman–Crippen LogP) is 5.22. The smallest absolute Gasteiger partial charge is 0.254 e. The average Bonchev–Trinajstić information content (AvgIpc) is 3.43. The lowest BCUT2D eigenvalue weighted by Crippen LogP contribution is -2.39. The first-order valence-corrected chi connectivity index (χ1v) is 11.0. The molecule has 0 N–H and O–H groups in total. The van der Waals surface area contributed by atoms with E-state index in [-0.39, 0.29) is 11.8 Å². The Morgan fingerprint density at radius 1 is 1.26 bits per heavy atom. The summed E-state index contributed by atoms with van der Waals surface area (Å²) in [6.45, 7) is 4.55. The van der Waals surface area contributed by atoms with Crippen LogP contribution in [0.25, 0.3) is 22.0 Å². The first-order chi connectivity index (χ1) is 15.2. The number of hydrogen-bond donors (Lipinski definition) is 0. The van der Waals surface area contributed by atoms with Crippen LogP contribution in [0.4, 0.5) is 0 Å². The van der Waals surface area contributed by atoms with Gasteiger partial charge in [-0.1, -0.05) is 19.1 Å². The van der Waals surface area contributed by atoms with Crippen LogP contribution in [0.1, 0.15) is 48.3 Å². The summed E-state index contributed by atoms with van der Waals surface area (Å²) in [6, 6.07) is 13.8. The fourth-order valence-electron chi connectivity index (χ4n) is 4.75. The highest BCUT2D eigenvalue weighted by Gasteiger charge is 2.29. The number of rotatable bonds is 5. The lowest BCUT2D eigenvalue weighted by Gasteiger charge is -2.33. The van der Waals surface area contributed by atoms with Crippen molar-refractivity contribution >= 4 is 27.9 Å². The zero-order chi connectivity index (χ0) is 21.4. The number of furan rings is 1. The largest absolute Gasteiger partial charge is 0.496 e. The normalized spacial score (nSPS) is 16.8. The highest BCUT2D eigenvalue weighted by atomic mass is 16.5. The summed E-state index contributed by atoms with van der Waals surface area (Å²) in [6.07, 6.45) is 4.67. The number of benzene rings is 2. The number of likely N-dealkylation sites (tertiary alicyclic amines) is 1. The molecule has 6 nitrogen and oxygen atoms in total. The van der Waals surface area contributed by atoms with Crippen LogP contribution < -0.4 is 4.74 Å². The first-order valence-electron chi connectivity index (χ1n) is 11.0. The van der Waals surface area contributed by atoms with Gasteiger partial charge in [0.1, 0.15) is 17.2 Å². The number of piperidine rings is 1. The molecule has 0 aliphatic carbocycles. The number of hydrogen-bond acceptors (Lipinski definition) is 4. The van der Waals surface area contributed by atoms with Crippen LogP contribution in [0, 0.1) is 0 Å². The number of carbonyl (C=O) groups is 1. The first kappa shape index (κ1) is 19.7. The Hall–Kier alpha value is -3.28. The van der Waals surface area contributed by atoms with E-state index in [1.54, 1.807) is 13.4 Å². The van der Waals surface area contributed by atoms with Crippen LogP contribution in [-0.2, 0) is 6.54 Å². The molecule has 1 fully saturated rings. The molecule has 4 aromatic rings. The zero-order valence-electron chi connectivity index (χ0n) is 18.0. The van der Waals surface area contributed by atoms with Crippen molar-refractivity contribution in [1.29, 1.82) is 0 Å². The Labute approximate surface area is 181 Å². The Morgan fingerprint density at radius 3 is 2.97 bits per heavy atom. The van der Waals surface area contributed by atoms with Crippen molar-refractivity contribution in [1.82, 2.24) is 14.5 Å². The van der Waals surface area contributed by atoms with E-state index in [1.807, 2.05) is 29.2 Å². The van der Waals surface area contributed by atoms with E-state index in [0.29, 0.717) is 23.4 Å². The minimum absolute atomic E-state index is 0.0134. The van der Waals surface area contributed by atoms with Crippen molar-refractivity contribution in [2.75, 3.05) is 20.2 Å². The molecule has 0 radical (unpaired) electrons. The van der Waals surface area contributed by atoms with Crippen LogP contribution in [-0.4, -0.2) is 40.6 Å². The highest BCUT2D eigenvalue weighted by Crippen LogP contribution is 2.32. The minimum Gasteiger partial charge on any atom is -0.496 e. The molecule has 160 valence electrons. The summed E-state index contributed by atoms with van der Waals surface area (Å²) < 4.78 is 13.4. The van der Waals surface area contributed by atoms with Gasteiger partial charge in [0, 0.05) is 31.1 Å². The third kappa shape index (κ3) is 3.46. The van der Waals surface area contributed by atoms with E-state index in [2.05, 4.69) is 29.7 Å². The highest BCUT2D eigenvalue weighted by molar-refractivity contribution is 5.99. The fourth-order valence-corrected chi connectivity index (χ4v) is 4.75. The van der Waals surface area contributed by atoms with Crippen LogP contribution >= 0.6 is 0 Å². The maximum absolute atomic E-state index is 13.4. The van der Waals surface area contributed by atoms with Gasteiger partial charge in [-0.2, -0.15) is 0 Å². The summed E-state index contributed by atoms with van der Waals surface area (Å²) >= 11 is 0. The molecule has 1 atom stereocenters. The number of nitrogens with zero attached hydrogens (tertiary/aromatic N) is 3. The predicted molar refractivity (Wildman–Crippen MR) is 121 cm³/mol. The number of methoxy groups -OCH3 is 1. The monoisotopic (exact) mass is 417 g/mol. The second-order valence-corrected chi connectivity index (χ2v) is 8.21. The Bertz CT molecular complexity index is 1240. The summed E-state index contributed by atoms with van der Waals surface area (Å²) in [5.41, 5.74) is 3.47. The van der Waals surface area contributed by atoms with E-state index in [4.69, 9.17) is 14.1 Å². The second-order valence-electron chi connectivity index (χ2n) is 8.21. The SMILES string of the molecule is CCCn1c(C2CCCN(C(=O)c3cc(OC)c4ccoc4c3)C2)nc2ccccc21. The number of imidazole rings is 1. The van der Waals surface area contributed by atoms with E-state index >= 15 is 0 Å². The van der Waals surface area contributed by atoms with E-state index in [0.717, 1.165) is 49.1 Å². The molecule has 31 heavy (non-hydrogen) atoms. The van der Waals surface area contributed by atoms with Crippen molar-refractivity contribution in [3.63, 3.8) is 0 Å². The van der Waals surface area contributed by atoms with Gasteiger partial charge < -0.3 is 18.6 Å². The van der Waals surface area contributed by atoms with Crippen molar-refractivity contribution < 1.29 is 13.9 Å². The molecule has 5 rings (SSSR count). The van der Waals surface area contributed by atoms with Gasteiger partial charge in [0.05, 0.1) is 29.8 Å². The summed E-state index contributed by atoms with van der Waals surface area (Å²) in [5, 5.41) is 0.879. The number of para-hydroxylation sites is 2. The molecule has 1 unspecified atom stereocenters. The minimum atomic E-state index is 0.0134. The molecule has 2 aromatic heterocycles. The summed E-state index contributed by atoms with van der Waals surface area (Å²) in [4.78, 5) is 20.3. The molecular formula is C25H27N3O3. The molecule has 1 aliphatic heterocycles. The Morgan fingerprint density at radius 2 is 2.13 bits per heavy atom. The maximum Gasteiger partial charge on any atom is 0.254 e. The van der Waals surface area contributed by atoms with Crippen LogP contribution in [0.15, 0.2) is 53.1 Å². The number of aromatic nitrogens is 2. The summed E-state index contributed by atoms with van der Waals surface area (Å²) in [7, 11) is 1.62. The van der Waals surface area contributed by atoms with E-state index in [1.165, 1.54) is 5.52 Å². The van der Waals surface area contributed by atoms with Gasteiger partial charge in [-0.05, 0) is 49.6 Å². The number of ether oxygens (including phenoxy) is 1. The van der Waals surface area contributed by atoms with Crippen LogP contribution in [0.2, 0.25) is 0 Å². The molecule has 0 saturated carbocycles. The molecule has 2 aromatic carbocycles. The Balaban J connectivity index is 1.45. The van der Waals surface area contributed by atoms with Gasteiger partial charge in [-0.15, -0.1) is 0 Å². The molecule has 0 spiro atoms. The second kappa shape index (κ2) is 8.10. The molecule has 1 saturated heterocycles. The number of carbonyl (C=O) groups excluding carboxylic acids is 1. The quantitative estimate of drug-likeness (QED) is 0.447. The van der Waals surface area contributed by atoms with Crippen LogP contribution in [0.5, 0.6) is 5.75 Å². The molecule has 1 aliphatic rings. The van der Waals surface area contributed by atoms with Gasteiger partial charge in [0.25, 0.3) is 5.91 Å². The van der Waals surface area contributed by atoms with Crippen molar-refractivity contribution in [3.8, 4) is 5.75 Å². The molecule has 1 amide bonds. The third-order valence-corrected chi connectivity index (χ3v) is 6.21. The number of amides is 1. The van der Waals surface area contributed by atoms with E-state index < -0.39 is 0 Å². The molecule has 6 heteroatoms. The zero-order valence-corrected chi connectivity index (χ0v) is 18.0. The Kier molecular flexibility index (Phi) is 5.14. The van der Waals surface area contributed by atoms with Gasteiger partial charge in [-0.3, -0.25) is 4.79 Å². The van der Waals surface area contributed by atoms with E-state index in [9.17, 15) is 4.79 Å². The fraction of sp³-hybridized carbons (Fsp3) is 0.360.